The van der Waals surface area contributed by atoms with Crippen molar-refractivity contribution in [3.8, 4) is 0 Å². The molecule has 5 heteroatoms. The minimum Gasteiger partial charge on any atom is -0.363 e. The van der Waals surface area contributed by atoms with E-state index in [-0.39, 0.29) is 18.1 Å². The summed E-state index contributed by atoms with van der Waals surface area (Å²) in [7, 11) is 0. The van der Waals surface area contributed by atoms with Crippen LogP contribution in [0, 0.1) is 0 Å². The summed E-state index contributed by atoms with van der Waals surface area (Å²) in [5.74, 6) is 0.0141. The molecular weight excluding hydrogens is 314 g/mol. The zero-order valence-corrected chi connectivity index (χ0v) is 14.9. The summed E-state index contributed by atoms with van der Waals surface area (Å²) < 4.78 is 6.21. The maximum atomic E-state index is 12.5. The van der Waals surface area contributed by atoms with E-state index in [2.05, 4.69) is 15.2 Å². The van der Waals surface area contributed by atoms with E-state index >= 15 is 0 Å². The smallest absolute Gasteiger partial charge is 0.249 e. The molecule has 0 spiro atoms. The van der Waals surface area contributed by atoms with Crippen LogP contribution < -0.4 is 5.32 Å². The second kappa shape index (κ2) is 7.83. The number of hydrogen-bond acceptors (Lipinski definition) is 4. The van der Waals surface area contributed by atoms with E-state index in [1.807, 2.05) is 18.2 Å². The second-order valence-corrected chi connectivity index (χ2v) is 7.67. The molecule has 0 bridgehead atoms. The summed E-state index contributed by atoms with van der Waals surface area (Å²) in [6, 6.07) is 7.03. The number of ether oxygens (including phenoxy) is 1. The third kappa shape index (κ3) is 3.87. The number of hydrogen-bond donors (Lipinski definition) is 1. The Morgan fingerprint density at radius 1 is 1.16 bits per heavy atom. The minimum absolute atomic E-state index is 0.0141. The van der Waals surface area contributed by atoms with Gasteiger partial charge in [0.2, 0.25) is 5.91 Å². The molecule has 1 N–H and O–H groups in total. The molecule has 1 aromatic rings. The number of nitrogens with zero attached hydrogens (tertiary/aromatic N) is 2. The average molecular weight is 343 g/mol. The van der Waals surface area contributed by atoms with Crippen molar-refractivity contribution in [2.24, 2.45) is 0 Å². The van der Waals surface area contributed by atoms with Crippen LogP contribution >= 0.6 is 0 Å². The highest BCUT2D eigenvalue weighted by molar-refractivity contribution is 5.80. The highest BCUT2D eigenvalue weighted by Crippen LogP contribution is 2.36. The van der Waals surface area contributed by atoms with Crippen LogP contribution in [-0.2, 0) is 16.1 Å². The van der Waals surface area contributed by atoms with Gasteiger partial charge in [0.25, 0.3) is 0 Å². The number of pyridine rings is 1. The number of aromatic nitrogens is 1. The van der Waals surface area contributed by atoms with Crippen LogP contribution in [0.15, 0.2) is 24.4 Å². The van der Waals surface area contributed by atoms with Crippen LogP contribution in [0.5, 0.6) is 0 Å². The van der Waals surface area contributed by atoms with Crippen LogP contribution in [0.2, 0.25) is 0 Å². The van der Waals surface area contributed by atoms with Gasteiger partial charge in [-0.2, -0.15) is 0 Å². The van der Waals surface area contributed by atoms with Crippen molar-refractivity contribution >= 4 is 5.91 Å². The molecule has 1 aromatic heterocycles. The standard InChI is InChI=1S/C20H29N3O2/c24-20(22-14-15-6-4-5-12-21-15)19-10-9-17-18(25-19)11-13-23(17)16-7-2-1-3-8-16/h4-6,12,16-19H,1-3,7-11,13-14H2,(H,22,24)/t17-,18-,19+/m1/s1. The summed E-state index contributed by atoms with van der Waals surface area (Å²) in [5.41, 5.74) is 0.883. The quantitative estimate of drug-likeness (QED) is 0.913. The third-order valence-electron chi connectivity index (χ3n) is 6.10. The van der Waals surface area contributed by atoms with Gasteiger partial charge in [0.15, 0.2) is 0 Å². The first-order valence-corrected chi connectivity index (χ1v) is 9.90. The van der Waals surface area contributed by atoms with E-state index in [9.17, 15) is 4.79 Å². The number of rotatable bonds is 4. The Labute approximate surface area is 150 Å². The molecule has 0 aromatic carbocycles. The summed E-state index contributed by atoms with van der Waals surface area (Å²) in [6.07, 6.45) is 11.5. The molecule has 2 aliphatic heterocycles. The summed E-state index contributed by atoms with van der Waals surface area (Å²) >= 11 is 0. The Morgan fingerprint density at radius 3 is 2.84 bits per heavy atom. The van der Waals surface area contributed by atoms with E-state index in [1.165, 1.54) is 32.1 Å². The van der Waals surface area contributed by atoms with Crippen LogP contribution in [0.3, 0.4) is 0 Å². The Hall–Kier alpha value is -1.46. The van der Waals surface area contributed by atoms with Gasteiger partial charge in [0.1, 0.15) is 6.10 Å². The van der Waals surface area contributed by atoms with E-state index in [1.54, 1.807) is 6.20 Å². The largest absolute Gasteiger partial charge is 0.363 e. The van der Waals surface area contributed by atoms with Crippen molar-refractivity contribution in [2.75, 3.05) is 6.54 Å². The highest BCUT2D eigenvalue weighted by Gasteiger charge is 2.43. The van der Waals surface area contributed by atoms with Gasteiger partial charge in [-0.1, -0.05) is 25.3 Å². The van der Waals surface area contributed by atoms with Crippen molar-refractivity contribution in [3.63, 3.8) is 0 Å². The van der Waals surface area contributed by atoms with Gasteiger partial charge in [-0.15, -0.1) is 0 Å². The predicted molar refractivity (Wildman–Crippen MR) is 96.0 cm³/mol. The number of likely N-dealkylation sites (tertiary alicyclic amines) is 1. The van der Waals surface area contributed by atoms with Gasteiger partial charge in [0.05, 0.1) is 18.3 Å². The lowest BCUT2D eigenvalue weighted by molar-refractivity contribution is -0.144. The first-order chi connectivity index (χ1) is 12.3. The van der Waals surface area contributed by atoms with Crippen LogP contribution in [0.1, 0.15) is 57.1 Å². The third-order valence-corrected chi connectivity index (χ3v) is 6.10. The second-order valence-electron chi connectivity index (χ2n) is 7.67. The molecule has 1 aliphatic carbocycles. The van der Waals surface area contributed by atoms with Gasteiger partial charge in [-0.25, -0.2) is 0 Å². The van der Waals surface area contributed by atoms with Gasteiger partial charge >= 0.3 is 0 Å². The molecule has 0 unspecified atom stereocenters. The lowest BCUT2D eigenvalue weighted by Gasteiger charge is -2.40. The molecule has 136 valence electrons. The van der Waals surface area contributed by atoms with E-state index in [4.69, 9.17) is 4.74 Å². The van der Waals surface area contributed by atoms with Crippen molar-refractivity contribution < 1.29 is 9.53 Å². The van der Waals surface area contributed by atoms with Crippen LogP contribution in [0.25, 0.3) is 0 Å². The molecule has 3 fully saturated rings. The highest BCUT2D eigenvalue weighted by atomic mass is 16.5. The Balaban J connectivity index is 1.29. The molecule has 3 aliphatic rings. The zero-order valence-electron chi connectivity index (χ0n) is 14.9. The van der Waals surface area contributed by atoms with Crippen molar-refractivity contribution in [1.29, 1.82) is 0 Å². The zero-order chi connectivity index (χ0) is 17.1. The molecule has 25 heavy (non-hydrogen) atoms. The Kier molecular flexibility index (Phi) is 5.32. The molecule has 1 amide bonds. The topological polar surface area (TPSA) is 54.5 Å². The molecule has 5 nitrogen and oxygen atoms in total. The molecule has 1 saturated carbocycles. The Morgan fingerprint density at radius 2 is 2.04 bits per heavy atom. The van der Waals surface area contributed by atoms with Crippen molar-refractivity contribution in [2.45, 2.75) is 82.2 Å². The van der Waals surface area contributed by atoms with E-state index in [0.29, 0.717) is 12.6 Å². The predicted octanol–water partition coefficient (Wildman–Crippen LogP) is 2.65. The van der Waals surface area contributed by atoms with Gasteiger partial charge in [0, 0.05) is 24.8 Å². The fourth-order valence-corrected chi connectivity index (χ4v) is 4.81. The SMILES string of the molecule is O=C(NCc1ccccn1)[C@@H]1CC[C@@H]2[C@@H](CCN2C2CCCCC2)O1. The maximum Gasteiger partial charge on any atom is 0.249 e. The molecule has 4 rings (SSSR count). The Bertz CT molecular complexity index is 574. The van der Waals surface area contributed by atoms with Crippen LogP contribution in [-0.4, -0.2) is 46.6 Å². The summed E-state index contributed by atoms with van der Waals surface area (Å²) in [6.45, 7) is 1.62. The number of nitrogens with one attached hydrogen (secondary N) is 1. The molecule has 2 saturated heterocycles. The minimum atomic E-state index is -0.295. The number of carbonyl (C=O) groups is 1. The van der Waals surface area contributed by atoms with Crippen molar-refractivity contribution in [1.82, 2.24) is 15.2 Å². The number of fused-ring (bicyclic) bond motifs is 1. The maximum absolute atomic E-state index is 12.5. The van der Waals surface area contributed by atoms with Gasteiger partial charge < -0.3 is 10.1 Å². The van der Waals surface area contributed by atoms with Gasteiger partial charge in [-0.3, -0.25) is 14.7 Å². The summed E-state index contributed by atoms with van der Waals surface area (Å²) in [4.78, 5) is 19.4. The molecule has 0 radical (unpaired) electrons. The normalized spacial score (nSPS) is 30.8. The monoisotopic (exact) mass is 343 g/mol. The van der Waals surface area contributed by atoms with Crippen LogP contribution in [0.4, 0.5) is 0 Å². The fourth-order valence-electron chi connectivity index (χ4n) is 4.81. The van der Waals surface area contributed by atoms with E-state index in [0.717, 1.165) is 37.5 Å². The first kappa shape index (κ1) is 17.0. The lowest BCUT2D eigenvalue weighted by Crippen LogP contribution is -2.50. The van der Waals surface area contributed by atoms with Crippen molar-refractivity contribution in [3.05, 3.63) is 30.1 Å². The molecule has 3 atom stereocenters. The molecular formula is C20H29N3O2. The lowest BCUT2D eigenvalue weighted by atomic mass is 9.92. The van der Waals surface area contributed by atoms with E-state index < -0.39 is 0 Å². The first-order valence-electron chi connectivity index (χ1n) is 9.90. The molecule has 3 heterocycles. The van der Waals surface area contributed by atoms with Gasteiger partial charge in [-0.05, 0) is 44.2 Å². The average Bonchev–Trinajstić information content (AvgIpc) is 3.11. The fraction of sp³-hybridized carbons (Fsp3) is 0.700. The number of amides is 1. The number of carbonyl (C=O) groups excluding carboxylic acids is 1. The summed E-state index contributed by atoms with van der Waals surface area (Å²) in [5, 5.41) is 2.98.